The molecule has 22 heavy (non-hydrogen) atoms. The quantitative estimate of drug-likeness (QED) is 0.800. The largest absolute Gasteiger partial charge is 0.550 e. The molecule has 0 fully saturated rings. The molecule has 5 nitrogen and oxygen atoms in total. The SMILES string of the molecule is Cc1ccc(F)cc1Nc1nc2ccc(CC(=O)[O-])cc2o1. The van der Waals surface area contributed by atoms with E-state index in [-0.39, 0.29) is 18.3 Å². The highest BCUT2D eigenvalue weighted by Gasteiger charge is 2.09. The fraction of sp³-hybridized carbons (Fsp3) is 0.125. The van der Waals surface area contributed by atoms with Gasteiger partial charge >= 0.3 is 0 Å². The van der Waals surface area contributed by atoms with E-state index >= 15 is 0 Å². The standard InChI is InChI=1S/C16H13FN2O3/c1-9-2-4-11(17)8-13(9)19-16-18-12-5-3-10(7-15(20)21)6-14(12)22-16/h2-6,8H,7H2,1H3,(H,18,19)(H,20,21)/p-1. The van der Waals surface area contributed by atoms with Gasteiger partial charge in [-0.25, -0.2) is 4.39 Å². The first-order valence-corrected chi connectivity index (χ1v) is 6.64. The summed E-state index contributed by atoms with van der Waals surface area (Å²) in [7, 11) is 0. The number of aliphatic carboxylic acids is 1. The summed E-state index contributed by atoms with van der Waals surface area (Å²) in [4.78, 5) is 14.9. The zero-order valence-corrected chi connectivity index (χ0v) is 11.7. The number of nitrogens with zero attached hydrogens (tertiary/aromatic N) is 1. The van der Waals surface area contributed by atoms with Crippen LogP contribution in [0.1, 0.15) is 11.1 Å². The van der Waals surface area contributed by atoms with Gasteiger partial charge in [-0.2, -0.15) is 4.98 Å². The Morgan fingerprint density at radius 1 is 1.32 bits per heavy atom. The van der Waals surface area contributed by atoms with Gasteiger partial charge in [0, 0.05) is 18.1 Å². The lowest BCUT2D eigenvalue weighted by Gasteiger charge is -2.05. The van der Waals surface area contributed by atoms with Crippen LogP contribution >= 0.6 is 0 Å². The molecule has 3 rings (SSSR count). The Balaban J connectivity index is 1.91. The number of fused-ring (bicyclic) bond motifs is 1. The Morgan fingerprint density at radius 3 is 2.91 bits per heavy atom. The number of carbonyl (C=O) groups excluding carboxylic acids is 1. The molecular weight excluding hydrogens is 287 g/mol. The van der Waals surface area contributed by atoms with Crippen LogP contribution in [0.4, 0.5) is 16.1 Å². The molecule has 0 saturated heterocycles. The average molecular weight is 299 g/mol. The average Bonchev–Trinajstić information content (AvgIpc) is 2.84. The molecule has 0 aliphatic rings. The predicted octanol–water partition coefficient (Wildman–Crippen LogP) is 2.31. The van der Waals surface area contributed by atoms with Crippen LogP contribution in [0.2, 0.25) is 0 Å². The van der Waals surface area contributed by atoms with Gasteiger partial charge in [0.15, 0.2) is 5.58 Å². The van der Waals surface area contributed by atoms with Crippen LogP contribution in [0.25, 0.3) is 11.1 Å². The molecule has 0 atom stereocenters. The molecule has 0 aliphatic heterocycles. The molecule has 6 heteroatoms. The number of carboxylic acids is 1. The number of nitrogens with one attached hydrogen (secondary N) is 1. The van der Waals surface area contributed by atoms with Gasteiger partial charge in [-0.3, -0.25) is 0 Å². The highest BCUT2D eigenvalue weighted by Crippen LogP contribution is 2.25. The van der Waals surface area contributed by atoms with E-state index in [0.717, 1.165) is 5.56 Å². The van der Waals surface area contributed by atoms with Gasteiger partial charge in [0.05, 0.1) is 0 Å². The van der Waals surface area contributed by atoms with Crippen molar-refractivity contribution in [1.82, 2.24) is 4.98 Å². The molecule has 112 valence electrons. The van der Waals surface area contributed by atoms with E-state index in [1.165, 1.54) is 12.1 Å². The van der Waals surface area contributed by atoms with Crippen molar-refractivity contribution >= 4 is 28.8 Å². The summed E-state index contributed by atoms with van der Waals surface area (Å²) in [5, 5.41) is 13.5. The molecule has 1 N–H and O–H groups in total. The van der Waals surface area contributed by atoms with Crippen LogP contribution in [0.5, 0.6) is 0 Å². The maximum atomic E-state index is 13.3. The number of anilines is 2. The molecule has 0 aliphatic carbocycles. The number of hydrogen-bond donors (Lipinski definition) is 1. The van der Waals surface area contributed by atoms with Crippen molar-refractivity contribution in [2.75, 3.05) is 5.32 Å². The van der Waals surface area contributed by atoms with E-state index in [9.17, 15) is 14.3 Å². The Morgan fingerprint density at radius 2 is 2.14 bits per heavy atom. The first-order chi connectivity index (χ1) is 10.5. The normalized spacial score (nSPS) is 10.8. The first kappa shape index (κ1) is 14.1. The number of oxazole rings is 1. The molecular formula is C16H12FN2O3-. The highest BCUT2D eigenvalue weighted by molar-refractivity contribution is 5.78. The van der Waals surface area contributed by atoms with Crippen molar-refractivity contribution in [3.63, 3.8) is 0 Å². The van der Waals surface area contributed by atoms with Crippen LogP contribution in [0.15, 0.2) is 40.8 Å². The minimum Gasteiger partial charge on any atom is -0.550 e. The Kier molecular flexibility index (Phi) is 3.50. The third-order valence-corrected chi connectivity index (χ3v) is 3.24. The second-order valence-electron chi connectivity index (χ2n) is 4.95. The smallest absolute Gasteiger partial charge is 0.300 e. The van der Waals surface area contributed by atoms with Crippen LogP contribution in [0.3, 0.4) is 0 Å². The molecule has 0 amide bonds. The summed E-state index contributed by atoms with van der Waals surface area (Å²) in [6, 6.07) is 9.51. The highest BCUT2D eigenvalue weighted by atomic mass is 19.1. The molecule has 1 heterocycles. The Labute approximate surface area is 125 Å². The molecule has 1 aromatic heterocycles. The van der Waals surface area contributed by atoms with Gasteiger partial charge in [0.1, 0.15) is 11.3 Å². The molecule has 0 radical (unpaired) electrons. The van der Waals surface area contributed by atoms with E-state index in [2.05, 4.69) is 10.3 Å². The lowest BCUT2D eigenvalue weighted by atomic mass is 10.1. The maximum Gasteiger partial charge on any atom is 0.300 e. The van der Waals surface area contributed by atoms with Crippen LogP contribution < -0.4 is 10.4 Å². The second kappa shape index (κ2) is 5.48. The fourth-order valence-electron chi connectivity index (χ4n) is 2.14. The molecule has 0 spiro atoms. The van der Waals surface area contributed by atoms with Crippen LogP contribution in [0, 0.1) is 12.7 Å². The number of carbonyl (C=O) groups is 1. The molecule has 0 bridgehead atoms. The van der Waals surface area contributed by atoms with Gasteiger partial charge in [-0.05, 0) is 42.3 Å². The van der Waals surface area contributed by atoms with Crippen molar-refractivity contribution in [2.24, 2.45) is 0 Å². The van der Waals surface area contributed by atoms with Gasteiger partial charge in [0.25, 0.3) is 6.01 Å². The van der Waals surface area contributed by atoms with Gasteiger partial charge in [-0.1, -0.05) is 12.1 Å². The van der Waals surface area contributed by atoms with E-state index in [1.807, 2.05) is 6.92 Å². The number of aromatic nitrogens is 1. The summed E-state index contributed by atoms with van der Waals surface area (Å²) in [5.41, 5.74) is 3.01. The number of carboxylic acid groups (broad SMARTS) is 1. The fourth-order valence-corrected chi connectivity index (χ4v) is 2.14. The topological polar surface area (TPSA) is 78.2 Å². The zero-order chi connectivity index (χ0) is 15.7. The summed E-state index contributed by atoms with van der Waals surface area (Å²) < 4.78 is 18.8. The van der Waals surface area contributed by atoms with Crippen LogP contribution in [-0.4, -0.2) is 11.0 Å². The summed E-state index contributed by atoms with van der Waals surface area (Å²) >= 11 is 0. The molecule has 0 unspecified atom stereocenters. The molecule has 0 saturated carbocycles. The van der Waals surface area contributed by atoms with E-state index in [4.69, 9.17) is 4.42 Å². The zero-order valence-electron chi connectivity index (χ0n) is 11.7. The van der Waals surface area contributed by atoms with Crippen molar-refractivity contribution < 1.29 is 18.7 Å². The predicted molar refractivity (Wildman–Crippen MR) is 77.1 cm³/mol. The van der Waals surface area contributed by atoms with Crippen molar-refractivity contribution in [3.8, 4) is 0 Å². The van der Waals surface area contributed by atoms with Gasteiger partial charge < -0.3 is 19.6 Å². The first-order valence-electron chi connectivity index (χ1n) is 6.64. The second-order valence-corrected chi connectivity index (χ2v) is 4.95. The van der Waals surface area contributed by atoms with Gasteiger partial charge in [0.2, 0.25) is 0 Å². The lowest BCUT2D eigenvalue weighted by molar-refractivity contribution is -0.304. The van der Waals surface area contributed by atoms with Crippen molar-refractivity contribution in [1.29, 1.82) is 0 Å². The Hall–Kier alpha value is -2.89. The summed E-state index contributed by atoms with van der Waals surface area (Å²) in [5.74, 6) is -1.52. The van der Waals surface area contributed by atoms with Crippen molar-refractivity contribution in [2.45, 2.75) is 13.3 Å². The minimum atomic E-state index is -1.16. The van der Waals surface area contributed by atoms with Crippen molar-refractivity contribution in [3.05, 3.63) is 53.3 Å². The summed E-state index contributed by atoms with van der Waals surface area (Å²) in [6.45, 7) is 1.84. The summed E-state index contributed by atoms with van der Waals surface area (Å²) in [6.07, 6.45) is -0.192. The monoisotopic (exact) mass is 299 g/mol. The number of rotatable bonds is 4. The van der Waals surface area contributed by atoms with Gasteiger partial charge in [-0.15, -0.1) is 0 Å². The van der Waals surface area contributed by atoms with E-state index < -0.39 is 5.97 Å². The Bertz CT molecular complexity index is 858. The number of benzene rings is 2. The third-order valence-electron chi connectivity index (χ3n) is 3.24. The molecule has 2 aromatic carbocycles. The lowest BCUT2D eigenvalue weighted by Crippen LogP contribution is -2.24. The number of hydrogen-bond acceptors (Lipinski definition) is 5. The maximum absolute atomic E-state index is 13.3. The van der Waals surface area contributed by atoms with E-state index in [1.54, 1.807) is 24.3 Å². The number of aryl methyl sites for hydroxylation is 1. The third kappa shape index (κ3) is 2.90. The van der Waals surface area contributed by atoms with E-state index in [0.29, 0.717) is 22.4 Å². The van der Waals surface area contributed by atoms with Crippen LogP contribution in [-0.2, 0) is 11.2 Å². The minimum absolute atomic E-state index is 0.192. The number of halogens is 1. The molecule has 3 aromatic rings.